The third-order valence-corrected chi connectivity index (χ3v) is 3.69. The summed E-state index contributed by atoms with van der Waals surface area (Å²) in [5.41, 5.74) is 2.14. The molecule has 1 aromatic heterocycles. The quantitative estimate of drug-likeness (QED) is 0.803. The van der Waals surface area contributed by atoms with Crippen LogP contribution in [0, 0.1) is 5.92 Å². The Balaban J connectivity index is 2.07. The minimum atomic E-state index is 0.717. The molecule has 0 aromatic carbocycles. The number of hydrogen-bond donors (Lipinski definition) is 0. The van der Waals surface area contributed by atoms with E-state index in [1.165, 1.54) is 6.42 Å². The number of hydrogen-bond acceptors (Lipinski definition) is 5. The van der Waals surface area contributed by atoms with Crippen molar-refractivity contribution in [3.63, 3.8) is 0 Å². The van der Waals surface area contributed by atoms with Gasteiger partial charge in [-0.3, -0.25) is 0 Å². The summed E-state index contributed by atoms with van der Waals surface area (Å²) in [4.78, 5) is 9.23. The topological polar surface area (TPSA) is 45.2 Å². The normalized spacial score (nSPS) is 19.4. The molecule has 0 aliphatic carbocycles. The molecule has 0 saturated carbocycles. The van der Waals surface area contributed by atoms with Crippen LogP contribution < -0.4 is 4.90 Å². The molecule has 1 aromatic rings. The molecular formula is C14H25N5. The number of anilines is 1. The number of nitrogens with zero attached hydrogens (tertiary/aromatic N) is 5. The summed E-state index contributed by atoms with van der Waals surface area (Å²) in [6, 6.07) is 0. The summed E-state index contributed by atoms with van der Waals surface area (Å²) in [7, 11) is 4.26. The highest BCUT2D eigenvalue weighted by atomic mass is 15.3. The zero-order valence-electron chi connectivity index (χ0n) is 12.6. The largest absolute Gasteiger partial charge is 0.339 e. The fourth-order valence-electron chi connectivity index (χ4n) is 2.74. The predicted octanol–water partition coefficient (Wildman–Crippen LogP) is 1.38. The van der Waals surface area contributed by atoms with Crippen LogP contribution in [0.25, 0.3) is 0 Å². The summed E-state index contributed by atoms with van der Waals surface area (Å²) < 4.78 is 0. The van der Waals surface area contributed by atoms with Crippen LogP contribution in [0.5, 0.6) is 0 Å². The Morgan fingerprint density at radius 3 is 2.53 bits per heavy atom. The molecular weight excluding hydrogens is 238 g/mol. The van der Waals surface area contributed by atoms with Crippen LogP contribution in [0.2, 0.25) is 0 Å². The average molecular weight is 263 g/mol. The minimum Gasteiger partial charge on any atom is -0.339 e. The third kappa shape index (κ3) is 3.41. The lowest BCUT2D eigenvalue weighted by Crippen LogP contribution is -2.27. The summed E-state index contributed by atoms with van der Waals surface area (Å²) in [6.45, 7) is 7.47. The van der Waals surface area contributed by atoms with Gasteiger partial charge in [0.15, 0.2) is 0 Å². The zero-order chi connectivity index (χ0) is 13.8. The lowest BCUT2D eigenvalue weighted by Gasteiger charge is -2.18. The second-order valence-corrected chi connectivity index (χ2v) is 5.58. The number of aromatic nitrogens is 3. The lowest BCUT2D eigenvalue weighted by molar-refractivity contribution is 0.340. The molecule has 106 valence electrons. The van der Waals surface area contributed by atoms with E-state index >= 15 is 0 Å². The van der Waals surface area contributed by atoms with Crippen LogP contribution in [0.4, 0.5) is 5.95 Å². The Morgan fingerprint density at radius 1 is 1.16 bits per heavy atom. The van der Waals surface area contributed by atoms with Gasteiger partial charge in [-0.2, -0.15) is 5.10 Å². The first kappa shape index (κ1) is 14.2. The van der Waals surface area contributed by atoms with Crippen LogP contribution in [0.15, 0.2) is 0 Å². The molecule has 1 fully saturated rings. The molecule has 2 rings (SSSR count). The summed E-state index contributed by atoms with van der Waals surface area (Å²) >= 11 is 0. The molecule has 5 nitrogen and oxygen atoms in total. The van der Waals surface area contributed by atoms with Gasteiger partial charge in [-0.1, -0.05) is 13.8 Å². The summed E-state index contributed by atoms with van der Waals surface area (Å²) in [5, 5.41) is 8.64. The smallest absolute Gasteiger partial charge is 0.245 e. The van der Waals surface area contributed by atoms with Crippen LogP contribution >= 0.6 is 0 Å². The number of aryl methyl sites for hydroxylation is 2. The zero-order valence-corrected chi connectivity index (χ0v) is 12.6. The fraction of sp³-hybridized carbons (Fsp3) is 0.786. The maximum Gasteiger partial charge on any atom is 0.245 e. The van der Waals surface area contributed by atoms with Crippen molar-refractivity contribution in [3.8, 4) is 0 Å². The number of rotatable bonds is 5. The van der Waals surface area contributed by atoms with Crippen molar-refractivity contribution < 1.29 is 0 Å². The second kappa shape index (κ2) is 6.28. The van der Waals surface area contributed by atoms with Gasteiger partial charge in [0.1, 0.15) is 0 Å². The van der Waals surface area contributed by atoms with E-state index in [-0.39, 0.29) is 0 Å². The molecule has 2 heterocycles. The van der Waals surface area contributed by atoms with Crippen molar-refractivity contribution in [3.05, 3.63) is 11.4 Å². The highest BCUT2D eigenvalue weighted by Gasteiger charge is 2.25. The standard InChI is InChI=1S/C14H25N5/c1-5-12-13(6-2)16-17-14(15-12)19-8-7-11(10-19)9-18(3)4/h11H,5-10H2,1-4H3. The Kier molecular flexibility index (Phi) is 4.69. The van der Waals surface area contributed by atoms with Gasteiger partial charge < -0.3 is 9.80 Å². The SMILES string of the molecule is CCc1nnc(N2CCC(CN(C)C)C2)nc1CC. The van der Waals surface area contributed by atoms with Gasteiger partial charge >= 0.3 is 0 Å². The average Bonchev–Trinajstić information content (AvgIpc) is 2.85. The van der Waals surface area contributed by atoms with Crippen molar-refractivity contribution in [1.29, 1.82) is 0 Å². The molecule has 1 unspecified atom stereocenters. The highest BCUT2D eigenvalue weighted by Crippen LogP contribution is 2.21. The van der Waals surface area contributed by atoms with Crippen molar-refractivity contribution >= 4 is 5.95 Å². The van der Waals surface area contributed by atoms with Crippen LogP contribution in [-0.4, -0.2) is 53.8 Å². The van der Waals surface area contributed by atoms with E-state index in [0.29, 0.717) is 0 Å². The van der Waals surface area contributed by atoms with Crippen molar-refractivity contribution in [2.24, 2.45) is 5.92 Å². The van der Waals surface area contributed by atoms with E-state index in [1.54, 1.807) is 0 Å². The summed E-state index contributed by atoms with van der Waals surface area (Å²) in [5.74, 6) is 1.53. The molecule has 0 spiro atoms. The van der Waals surface area contributed by atoms with Gasteiger partial charge in [0, 0.05) is 19.6 Å². The van der Waals surface area contributed by atoms with Crippen LogP contribution in [0.3, 0.4) is 0 Å². The van der Waals surface area contributed by atoms with E-state index in [4.69, 9.17) is 4.98 Å². The maximum atomic E-state index is 4.70. The summed E-state index contributed by atoms with van der Waals surface area (Å²) in [6.07, 6.45) is 3.06. The predicted molar refractivity (Wildman–Crippen MR) is 77.5 cm³/mol. The van der Waals surface area contributed by atoms with E-state index in [9.17, 15) is 0 Å². The fourth-order valence-corrected chi connectivity index (χ4v) is 2.74. The van der Waals surface area contributed by atoms with Gasteiger partial charge in [-0.15, -0.1) is 5.10 Å². The third-order valence-electron chi connectivity index (χ3n) is 3.69. The van der Waals surface area contributed by atoms with Crippen molar-refractivity contribution in [2.75, 3.05) is 38.6 Å². The van der Waals surface area contributed by atoms with E-state index in [1.807, 2.05) is 0 Å². The minimum absolute atomic E-state index is 0.717. The molecule has 1 saturated heterocycles. The second-order valence-electron chi connectivity index (χ2n) is 5.58. The molecule has 0 N–H and O–H groups in total. The van der Waals surface area contributed by atoms with Gasteiger partial charge in [-0.25, -0.2) is 4.98 Å². The molecule has 1 atom stereocenters. The lowest BCUT2D eigenvalue weighted by atomic mass is 10.1. The van der Waals surface area contributed by atoms with Gasteiger partial charge in [0.25, 0.3) is 0 Å². The Labute approximate surface area is 116 Å². The van der Waals surface area contributed by atoms with Gasteiger partial charge in [0.2, 0.25) is 5.95 Å². The van der Waals surface area contributed by atoms with Gasteiger partial charge in [-0.05, 0) is 39.3 Å². The maximum absolute atomic E-state index is 4.70. The molecule has 0 radical (unpaired) electrons. The van der Waals surface area contributed by atoms with Crippen LogP contribution in [0.1, 0.15) is 31.7 Å². The first-order valence-electron chi connectivity index (χ1n) is 7.26. The Hall–Kier alpha value is -1.23. The highest BCUT2D eigenvalue weighted by molar-refractivity contribution is 5.32. The monoisotopic (exact) mass is 263 g/mol. The first-order valence-corrected chi connectivity index (χ1v) is 7.26. The molecule has 1 aliphatic rings. The van der Waals surface area contributed by atoms with Gasteiger partial charge in [0.05, 0.1) is 11.4 Å². The van der Waals surface area contributed by atoms with Crippen LogP contribution in [-0.2, 0) is 12.8 Å². The molecule has 1 aliphatic heterocycles. The molecule has 5 heteroatoms. The van der Waals surface area contributed by atoms with E-state index < -0.39 is 0 Å². The van der Waals surface area contributed by atoms with E-state index in [2.05, 4.69) is 47.9 Å². The molecule has 0 bridgehead atoms. The molecule has 0 amide bonds. The Morgan fingerprint density at radius 2 is 1.89 bits per heavy atom. The Bertz CT molecular complexity index is 418. The first-order chi connectivity index (χ1) is 9.13. The van der Waals surface area contributed by atoms with E-state index in [0.717, 1.165) is 55.7 Å². The van der Waals surface area contributed by atoms with Crippen molar-refractivity contribution in [1.82, 2.24) is 20.1 Å². The molecule has 19 heavy (non-hydrogen) atoms. The van der Waals surface area contributed by atoms with Crippen molar-refractivity contribution in [2.45, 2.75) is 33.1 Å².